The zero-order valence-electron chi connectivity index (χ0n) is 22.8. The maximum absolute atomic E-state index is 4.64. The summed E-state index contributed by atoms with van der Waals surface area (Å²) in [6, 6.07) is 50.6. The molecule has 0 radical (unpaired) electrons. The van der Waals surface area contributed by atoms with Gasteiger partial charge in [-0.05, 0) is 69.3 Å². The molecule has 8 rings (SSSR count). The molecule has 0 bridgehead atoms. The fourth-order valence-electron chi connectivity index (χ4n) is 6.73. The maximum Gasteiger partial charge on any atom is 0.0541 e. The Morgan fingerprint density at radius 3 is 1.88 bits per heavy atom. The Labute approximate surface area is 240 Å². The van der Waals surface area contributed by atoms with Crippen LogP contribution in [-0.4, -0.2) is 4.57 Å². The summed E-state index contributed by atoms with van der Waals surface area (Å²) in [7, 11) is 0. The number of nitrogens with zero attached hydrogens (tertiary/aromatic N) is 1. The topological polar surface area (TPSA) is 4.93 Å². The molecule has 1 aliphatic rings. The van der Waals surface area contributed by atoms with Crippen LogP contribution in [0.15, 0.2) is 158 Å². The molecule has 6 aromatic carbocycles. The van der Waals surface area contributed by atoms with Crippen LogP contribution in [0.1, 0.15) is 28.2 Å². The summed E-state index contributed by atoms with van der Waals surface area (Å²) < 4.78 is 2.38. The number of hydrogen-bond acceptors (Lipinski definition) is 0. The lowest BCUT2D eigenvalue weighted by atomic mass is 9.88. The molecule has 1 atom stereocenters. The summed E-state index contributed by atoms with van der Waals surface area (Å²) in [6.07, 6.45) is 3.30. The van der Waals surface area contributed by atoms with Crippen molar-refractivity contribution < 1.29 is 0 Å². The fourth-order valence-corrected chi connectivity index (χ4v) is 6.73. The third-order valence-electron chi connectivity index (χ3n) is 8.65. The van der Waals surface area contributed by atoms with Crippen molar-refractivity contribution in [2.45, 2.75) is 12.3 Å². The van der Waals surface area contributed by atoms with E-state index in [-0.39, 0.29) is 5.92 Å². The first-order chi connectivity index (χ1) is 20.3. The summed E-state index contributed by atoms with van der Waals surface area (Å²) in [5, 5.41) is 5.14. The summed E-state index contributed by atoms with van der Waals surface area (Å²) in [5.41, 5.74) is 11.3. The highest BCUT2D eigenvalue weighted by molar-refractivity contribution is 6.09. The Hall–Kier alpha value is -5.14. The first-order valence-corrected chi connectivity index (χ1v) is 14.3. The average Bonchev–Trinajstić information content (AvgIpc) is 3.28. The van der Waals surface area contributed by atoms with Gasteiger partial charge in [-0.2, -0.15) is 0 Å². The van der Waals surface area contributed by atoms with Gasteiger partial charge in [0.15, 0.2) is 0 Å². The van der Waals surface area contributed by atoms with Crippen LogP contribution < -0.4 is 0 Å². The largest absolute Gasteiger partial charge is 0.309 e. The number of fused-ring (bicyclic) bond motifs is 6. The van der Waals surface area contributed by atoms with Crippen molar-refractivity contribution in [3.8, 4) is 5.69 Å². The van der Waals surface area contributed by atoms with E-state index in [1.54, 1.807) is 0 Å². The van der Waals surface area contributed by atoms with Gasteiger partial charge < -0.3 is 4.57 Å². The van der Waals surface area contributed by atoms with Gasteiger partial charge in [0.1, 0.15) is 0 Å². The zero-order valence-corrected chi connectivity index (χ0v) is 22.8. The Balaban J connectivity index is 1.28. The van der Waals surface area contributed by atoms with Gasteiger partial charge in [-0.1, -0.05) is 133 Å². The van der Waals surface area contributed by atoms with E-state index < -0.39 is 0 Å². The molecule has 0 N–H and O–H groups in total. The number of para-hydroxylation sites is 2. The number of allylic oxidation sites excluding steroid dienone is 2. The minimum atomic E-state index is 0.114. The molecular weight excluding hydrogens is 494 g/mol. The van der Waals surface area contributed by atoms with Crippen LogP contribution in [0.5, 0.6) is 0 Å². The van der Waals surface area contributed by atoms with Crippen molar-refractivity contribution in [1.82, 2.24) is 4.57 Å². The minimum absolute atomic E-state index is 0.114. The van der Waals surface area contributed by atoms with Crippen molar-refractivity contribution in [1.29, 1.82) is 0 Å². The van der Waals surface area contributed by atoms with Gasteiger partial charge in [0.2, 0.25) is 0 Å². The number of aromatic nitrogens is 1. The van der Waals surface area contributed by atoms with Gasteiger partial charge in [-0.15, -0.1) is 0 Å². The maximum atomic E-state index is 4.64. The first-order valence-electron chi connectivity index (χ1n) is 14.3. The van der Waals surface area contributed by atoms with E-state index in [4.69, 9.17) is 0 Å². The molecule has 0 aliphatic heterocycles. The van der Waals surface area contributed by atoms with E-state index in [1.165, 1.54) is 71.7 Å². The van der Waals surface area contributed by atoms with E-state index in [0.29, 0.717) is 0 Å². The van der Waals surface area contributed by atoms with Crippen LogP contribution in [0.25, 0.3) is 43.8 Å². The lowest BCUT2D eigenvalue weighted by Crippen LogP contribution is -2.02. The molecule has 0 spiro atoms. The molecule has 1 aliphatic carbocycles. The highest BCUT2D eigenvalue weighted by Gasteiger charge is 2.24. The lowest BCUT2D eigenvalue weighted by molar-refractivity contribution is 0.945. The van der Waals surface area contributed by atoms with Gasteiger partial charge in [-0.3, -0.25) is 0 Å². The third kappa shape index (κ3) is 3.85. The van der Waals surface area contributed by atoms with Crippen LogP contribution in [0.4, 0.5) is 0 Å². The second-order valence-corrected chi connectivity index (χ2v) is 11.0. The molecule has 194 valence electrons. The number of hydrogen-bond donors (Lipinski definition) is 0. The summed E-state index contributed by atoms with van der Waals surface area (Å²) >= 11 is 0. The van der Waals surface area contributed by atoms with Gasteiger partial charge in [0, 0.05) is 22.4 Å². The van der Waals surface area contributed by atoms with Gasteiger partial charge >= 0.3 is 0 Å². The van der Waals surface area contributed by atoms with Crippen molar-refractivity contribution in [3.05, 3.63) is 180 Å². The summed E-state index contributed by atoms with van der Waals surface area (Å²) in [6.45, 7) is 4.64. The second kappa shape index (κ2) is 9.50. The van der Waals surface area contributed by atoms with Crippen molar-refractivity contribution >= 4 is 38.2 Å². The monoisotopic (exact) mass is 523 g/mol. The molecule has 1 unspecified atom stereocenters. The van der Waals surface area contributed by atoms with Crippen LogP contribution >= 0.6 is 0 Å². The molecule has 1 heteroatoms. The molecule has 1 aromatic heterocycles. The van der Waals surface area contributed by atoms with Crippen LogP contribution in [0, 0.1) is 0 Å². The first kappa shape index (κ1) is 23.7. The van der Waals surface area contributed by atoms with Crippen molar-refractivity contribution in [3.63, 3.8) is 0 Å². The van der Waals surface area contributed by atoms with Crippen molar-refractivity contribution in [2.24, 2.45) is 0 Å². The third-order valence-corrected chi connectivity index (χ3v) is 8.65. The average molecular weight is 524 g/mol. The van der Waals surface area contributed by atoms with E-state index in [2.05, 4.69) is 157 Å². The van der Waals surface area contributed by atoms with Crippen molar-refractivity contribution in [2.75, 3.05) is 0 Å². The van der Waals surface area contributed by atoms with E-state index >= 15 is 0 Å². The molecule has 0 amide bonds. The van der Waals surface area contributed by atoms with E-state index in [9.17, 15) is 0 Å². The van der Waals surface area contributed by atoms with Crippen LogP contribution in [0.2, 0.25) is 0 Å². The Kier molecular flexibility index (Phi) is 5.50. The second-order valence-electron chi connectivity index (χ2n) is 11.0. The normalized spacial score (nSPS) is 15.2. The standard InChI is InChI=1S/C40H29N/c1-27-25-31-20-19-29-13-5-6-14-33(29)40(31)37(28-11-3-2-4-12-28)26-36(27)30-21-23-32(24-22-30)41-38-17-9-7-15-34(38)35-16-8-10-18-39(35)41/h2-24,26,36H,1,25H2. The highest BCUT2D eigenvalue weighted by Crippen LogP contribution is 2.42. The predicted molar refractivity (Wildman–Crippen MR) is 174 cm³/mol. The lowest BCUT2D eigenvalue weighted by Gasteiger charge is -2.17. The molecule has 0 saturated carbocycles. The van der Waals surface area contributed by atoms with Gasteiger partial charge in [0.05, 0.1) is 11.0 Å². The molecule has 7 aromatic rings. The molecule has 0 fully saturated rings. The summed E-state index contributed by atoms with van der Waals surface area (Å²) in [4.78, 5) is 0. The Morgan fingerprint density at radius 2 is 1.17 bits per heavy atom. The van der Waals surface area contributed by atoms with Crippen LogP contribution in [-0.2, 0) is 6.42 Å². The SMILES string of the molecule is C=C1Cc2ccc3ccccc3c2C(c2ccccc2)=CC1c1ccc(-n2c3ccccc3c3ccccc32)cc1. The fraction of sp³-hybridized carbons (Fsp3) is 0.0500. The van der Waals surface area contributed by atoms with E-state index in [0.717, 1.165) is 6.42 Å². The smallest absolute Gasteiger partial charge is 0.0541 e. The minimum Gasteiger partial charge on any atom is -0.309 e. The highest BCUT2D eigenvalue weighted by atomic mass is 15.0. The van der Waals surface area contributed by atoms with Crippen LogP contribution in [0.3, 0.4) is 0 Å². The number of rotatable bonds is 3. The molecule has 0 saturated heterocycles. The molecule has 1 heterocycles. The Morgan fingerprint density at radius 1 is 0.561 bits per heavy atom. The Bertz CT molecular complexity index is 2070. The summed E-state index contributed by atoms with van der Waals surface area (Å²) in [5.74, 6) is 0.114. The van der Waals surface area contributed by atoms with Gasteiger partial charge in [0.25, 0.3) is 0 Å². The predicted octanol–water partition coefficient (Wildman–Crippen LogP) is 10.3. The number of benzene rings is 6. The molecule has 1 nitrogen and oxygen atoms in total. The quantitative estimate of drug-likeness (QED) is 0.203. The van der Waals surface area contributed by atoms with Gasteiger partial charge in [-0.25, -0.2) is 0 Å². The molecular formula is C40H29N. The zero-order chi connectivity index (χ0) is 27.3. The van der Waals surface area contributed by atoms with E-state index in [1.807, 2.05) is 0 Å². The molecule has 41 heavy (non-hydrogen) atoms.